The molecule has 1 heterocycles. The first-order valence-electron chi connectivity index (χ1n) is 9.91. The summed E-state index contributed by atoms with van der Waals surface area (Å²) in [5.74, 6) is -0.950. The van der Waals surface area contributed by atoms with Gasteiger partial charge in [0.05, 0.1) is 28.8 Å². The van der Waals surface area contributed by atoms with Crippen molar-refractivity contribution in [2.45, 2.75) is 37.3 Å². The lowest BCUT2D eigenvalue weighted by atomic mass is 9.81. The van der Waals surface area contributed by atoms with Crippen LogP contribution in [0.15, 0.2) is 48.5 Å². The number of nitrogens with zero attached hydrogens (tertiary/aromatic N) is 2. The van der Waals surface area contributed by atoms with Crippen LogP contribution in [-0.2, 0) is 6.42 Å². The number of likely N-dealkylation sites (N-methyl/N-ethyl adjacent to an activating group) is 1. The summed E-state index contributed by atoms with van der Waals surface area (Å²) >= 11 is 0. The lowest BCUT2D eigenvalue weighted by Gasteiger charge is -2.45. The molecule has 6 nitrogen and oxygen atoms in total. The van der Waals surface area contributed by atoms with Crippen molar-refractivity contribution < 1.29 is 15.0 Å². The predicted molar refractivity (Wildman–Crippen MR) is 119 cm³/mol. The number of piperidine rings is 1. The fraction of sp³-hybridized carbons (Fsp3) is 0.391. The van der Waals surface area contributed by atoms with Crippen LogP contribution in [0, 0.1) is 11.3 Å². The van der Waals surface area contributed by atoms with Crippen molar-refractivity contribution in [3.8, 4) is 6.07 Å². The minimum absolute atomic E-state index is 0. The molecular formula is C23H28ClN3O3. The highest BCUT2D eigenvalue weighted by atomic mass is 35.5. The van der Waals surface area contributed by atoms with Crippen LogP contribution in [0.25, 0.3) is 0 Å². The third-order valence-corrected chi connectivity index (χ3v) is 5.87. The number of carboxylic acid groups (broad SMARTS) is 1. The van der Waals surface area contributed by atoms with Crippen LogP contribution in [0.5, 0.6) is 0 Å². The Kier molecular flexibility index (Phi) is 8.24. The quantitative estimate of drug-likeness (QED) is 0.625. The Morgan fingerprint density at radius 2 is 1.77 bits per heavy atom. The van der Waals surface area contributed by atoms with Crippen molar-refractivity contribution >= 4 is 24.1 Å². The molecule has 0 aliphatic carbocycles. The molecule has 3 N–H and O–H groups in total. The monoisotopic (exact) mass is 429 g/mol. The van der Waals surface area contributed by atoms with E-state index in [4.69, 9.17) is 10.4 Å². The molecule has 1 fully saturated rings. The van der Waals surface area contributed by atoms with Crippen LogP contribution in [0.3, 0.4) is 0 Å². The Hall–Kier alpha value is -2.59. The molecule has 2 aromatic rings. The van der Waals surface area contributed by atoms with Crippen LogP contribution < -0.4 is 10.2 Å². The normalized spacial score (nSPS) is 16.0. The maximum Gasteiger partial charge on any atom is 0.335 e. The van der Waals surface area contributed by atoms with E-state index in [0.29, 0.717) is 18.4 Å². The van der Waals surface area contributed by atoms with Crippen molar-refractivity contribution in [3.05, 3.63) is 65.2 Å². The number of nitriles is 1. The smallest absolute Gasteiger partial charge is 0.335 e. The first-order chi connectivity index (χ1) is 13.9. The lowest BCUT2D eigenvalue weighted by molar-refractivity contribution is -0.0167. The van der Waals surface area contributed by atoms with E-state index in [2.05, 4.69) is 16.3 Å². The minimum atomic E-state index is -0.950. The third kappa shape index (κ3) is 5.51. The number of carbonyl (C=O) groups is 1. The number of benzene rings is 2. The van der Waals surface area contributed by atoms with Crippen molar-refractivity contribution in [1.82, 2.24) is 5.32 Å². The fourth-order valence-electron chi connectivity index (χ4n) is 4.08. The largest absolute Gasteiger partial charge is 0.478 e. The molecule has 0 saturated carbocycles. The Bertz CT molecular complexity index is 872. The standard InChI is InChI=1S/C23H27N3O3.ClH/c1-26(20-9-7-19(8-10-20)22(27)28)21(23(29)12-14-25-15-13-23)11-6-17-2-4-18(16-24)5-3-17;/h2-5,7-10,21,25,29H,6,11-15H2,1H3,(H,27,28);1H. The summed E-state index contributed by atoms with van der Waals surface area (Å²) in [6.07, 6.45) is 2.87. The van der Waals surface area contributed by atoms with Gasteiger partial charge in [-0.3, -0.25) is 0 Å². The number of nitrogens with one attached hydrogen (secondary N) is 1. The number of aliphatic hydroxyl groups is 1. The molecule has 0 aromatic heterocycles. The molecule has 7 heteroatoms. The summed E-state index contributed by atoms with van der Waals surface area (Å²) in [5, 5.41) is 32.9. The summed E-state index contributed by atoms with van der Waals surface area (Å²) in [7, 11) is 1.96. The van der Waals surface area contributed by atoms with Gasteiger partial charge in [-0.05, 0) is 80.7 Å². The number of aromatic carboxylic acids is 1. The molecule has 2 aromatic carbocycles. The SMILES string of the molecule is CN(c1ccc(C(=O)O)cc1)C(CCc1ccc(C#N)cc1)C1(O)CCNCC1.Cl. The number of aryl methyl sites for hydroxylation is 1. The molecule has 1 aliphatic rings. The molecule has 30 heavy (non-hydrogen) atoms. The predicted octanol–water partition coefficient (Wildman–Crippen LogP) is 3.23. The molecule has 1 unspecified atom stereocenters. The van der Waals surface area contributed by atoms with Crippen LogP contribution in [-0.4, -0.2) is 48.0 Å². The van der Waals surface area contributed by atoms with E-state index in [9.17, 15) is 9.90 Å². The summed E-state index contributed by atoms with van der Waals surface area (Å²) in [5.41, 5.74) is 2.07. The van der Waals surface area contributed by atoms with Crippen molar-refractivity contribution in [2.24, 2.45) is 0 Å². The zero-order valence-electron chi connectivity index (χ0n) is 17.0. The maximum atomic E-state index is 11.4. The molecule has 0 bridgehead atoms. The number of anilines is 1. The van der Waals surface area contributed by atoms with Crippen LogP contribution in [0.4, 0.5) is 5.69 Å². The number of hydrogen-bond acceptors (Lipinski definition) is 5. The molecule has 0 radical (unpaired) electrons. The first kappa shape index (κ1) is 23.7. The van der Waals surface area contributed by atoms with Gasteiger partial charge in [-0.25, -0.2) is 4.79 Å². The number of hydrogen-bond donors (Lipinski definition) is 3. The van der Waals surface area contributed by atoms with E-state index in [-0.39, 0.29) is 24.0 Å². The van der Waals surface area contributed by atoms with E-state index in [1.807, 2.05) is 31.3 Å². The van der Waals surface area contributed by atoms with Crippen LogP contribution in [0.1, 0.15) is 40.7 Å². The zero-order valence-corrected chi connectivity index (χ0v) is 17.9. The number of rotatable bonds is 7. The lowest BCUT2D eigenvalue weighted by Crippen LogP contribution is -2.56. The summed E-state index contributed by atoms with van der Waals surface area (Å²) in [6, 6.07) is 16.4. The topological polar surface area (TPSA) is 96.6 Å². The molecule has 3 rings (SSSR count). The molecule has 1 atom stereocenters. The second kappa shape index (κ2) is 10.4. The van der Waals surface area contributed by atoms with Gasteiger partial charge >= 0.3 is 5.97 Å². The molecule has 160 valence electrons. The van der Waals surface area contributed by atoms with Crippen molar-refractivity contribution in [3.63, 3.8) is 0 Å². The Balaban J connectivity index is 0.00000320. The maximum absolute atomic E-state index is 11.4. The van der Waals surface area contributed by atoms with Crippen molar-refractivity contribution in [1.29, 1.82) is 5.26 Å². The summed E-state index contributed by atoms with van der Waals surface area (Å²) in [4.78, 5) is 13.2. The van der Waals surface area contributed by atoms with Gasteiger partial charge in [0.15, 0.2) is 0 Å². The minimum Gasteiger partial charge on any atom is -0.478 e. The van der Waals surface area contributed by atoms with Crippen molar-refractivity contribution in [2.75, 3.05) is 25.0 Å². The van der Waals surface area contributed by atoms with Gasteiger partial charge in [0.25, 0.3) is 0 Å². The summed E-state index contributed by atoms with van der Waals surface area (Å²) in [6.45, 7) is 1.55. The molecule has 1 saturated heterocycles. The fourth-order valence-corrected chi connectivity index (χ4v) is 4.08. The highest BCUT2D eigenvalue weighted by Gasteiger charge is 2.40. The first-order valence-corrected chi connectivity index (χ1v) is 9.91. The second-order valence-corrected chi connectivity index (χ2v) is 7.68. The average molecular weight is 430 g/mol. The zero-order chi connectivity index (χ0) is 20.9. The highest BCUT2D eigenvalue weighted by molar-refractivity contribution is 5.88. The number of carboxylic acids is 1. The number of halogens is 1. The van der Waals surface area contributed by atoms with E-state index in [0.717, 1.165) is 37.2 Å². The van der Waals surface area contributed by atoms with E-state index in [1.165, 1.54) is 0 Å². The van der Waals surface area contributed by atoms with Gasteiger partial charge in [-0.15, -0.1) is 12.4 Å². The van der Waals surface area contributed by atoms with E-state index >= 15 is 0 Å². The second-order valence-electron chi connectivity index (χ2n) is 7.68. The van der Waals surface area contributed by atoms with Gasteiger partial charge in [-0.2, -0.15) is 5.26 Å². The molecule has 1 aliphatic heterocycles. The van der Waals surface area contributed by atoms with Gasteiger partial charge < -0.3 is 20.4 Å². The molecular weight excluding hydrogens is 402 g/mol. The Morgan fingerprint density at radius 1 is 1.17 bits per heavy atom. The van der Waals surface area contributed by atoms with Gasteiger partial charge in [0.1, 0.15) is 0 Å². The van der Waals surface area contributed by atoms with Crippen LogP contribution in [0.2, 0.25) is 0 Å². The van der Waals surface area contributed by atoms with Gasteiger partial charge in [0.2, 0.25) is 0 Å². The Morgan fingerprint density at radius 3 is 2.30 bits per heavy atom. The Labute approximate surface area is 183 Å². The average Bonchev–Trinajstić information content (AvgIpc) is 2.74. The van der Waals surface area contributed by atoms with Crippen LogP contribution >= 0.6 is 12.4 Å². The molecule has 0 spiro atoms. The van der Waals surface area contributed by atoms with Gasteiger partial charge in [-0.1, -0.05) is 12.1 Å². The van der Waals surface area contributed by atoms with E-state index in [1.54, 1.807) is 24.3 Å². The highest BCUT2D eigenvalue weighted by Crippen LogP contribution is 2.32. The summed E-state index contributed by atoms with van der Waals surface area (Å²) < 4.78 is 0. The molecule has 0 amide bonds. The van der Waals surface area contributed by atoms with E-state index < -0.39 is 11.6 Å². The van der Waals surface area contributed by atoms with Gasteiger partial charge in [0, 0.05) is 12.7 Å². The third-order valence-electron chi connectivity index (χ3n) is 5.87.